The van der Waals surface area contributed by atoms with E-state index in [2.05, 4.69) is 30.3 Å². The molecule has 0 radical (unpaired) electrons. The van der Waals surface area contributed by atoms with Gasteiger partial charge in [-0.1, -0.05) is 130 Å². The molecule has 11 nitrogen and oxygen atoms in total. The van der Waals surface area contributed by atoms with Crippen LogP contribution in [-0.4, -0.2) is 87.1 Å². The van der Waals surface area contributed by atoms with Crippen LogP contribution in [-0.2, 0) is 41.8 Å². The van der Waals surface area contributed by atoms with Gasteiger partial charge in [-0.25, -0.2) is 9.59 Å². The maximum absolute atomic E-state index is 12.4. The molecule has 3 N–H and O–H groups in total. The minimum atomic E-state index is -2.24. The number of ether oxygens (including phenoxy) is 2. The number of rotatable bonds is 10. The van der Waals surface area contributed by atoms with Gasteiger partial charge in [-0.2, -0.15) is 0 Å². The second-order valence-electron chi connectivity index (χ2n) is 15.0. The Balaban J connectivity index is 0.000000197. The minimum absolute atomic E-state index is 0.0109. The molecule has 0 spiro atoms. The zero-order valence-electron chi connectivity index (χ0n) is 33.6. The maximum Gasteiger partial charge on any atom is 0.410 e. The third-order valence-corrected chi connectivity index (χ3v) is 11.1. The molecule has 2 amide bonds. The number of aliphatic carboxylic acids is 1. The molecule has 4 aromatic rings. The number of hydrogen-bond acceptors (Lipinski definition) is 8. The van der Waals surface area contributed by atoms with Gasteiger partial charge in [0.2, 0.25) is 0 Å². The molecule has 0 bridgehead atoms. The quantitative estimate of drug-likeness (QED) is 0.156. The van der Waals surface area contributed by atoms with Gasteiger partial charge in [0.25, 0.3) is 0 Å². The van der Waals surface area contributed by atoms with Crippen LogP contribution in [0.15, 0.2) is 103 Å². The van der Waals surface area contributed by atoms with Gasteiger partial charge < -0.3 is 30.1 Å². The number of benzene rings is 4. The van der Waals surface area contributed by atoms with Crippen molar-refractivity contribution in [3.8, 4) is 0 Å². The van der Waals surface area contributed by atoms with Gasteiger partial charge in [0, 0.05) is 56.0 Å². The van der Waals surface area contributed by atoms with Crippen LogP contribution in [0, 0.1) is 23.7 Å². The third-order valence-electron chi connectivity index (χ3n) is 10.3. The Bertz CT molecular complexity index is 2050. The van der Waals surface area contributed by atoms with Crippen molar-refractivity contribution in [1.29, 1.82) is 0 Å². The number of carboxylic acid groups (broad SMARTS) is 1. The molecule has 2 heterocycles. The number of hydrogen-bond donors (Lipinski definition) is 2. The normalized spacial score (nSPS) is 19.3. The molecule has 6 rings (SSSR count). The summed E-state index contributed by atoms with van der Waals surface area (Å²) in [5.74, 6) is -1.65. The van der Waals surface area contributed by atoms with E-state index in [-0.39, 0.29) is 49.3 Å². The minimum Gasteiger partial charge on any atom is -0.481 e. The Labute approximate surface area is 337 Å². The highest BCUT2D eigenvalue weighted by atomic mass is 32.2. The molecule has 4 aromatic carbocycles. The SMILES string of the molecule is CC[C@@H]1CN(C(=O)OCc2ccccc2)CC1C(=O)C=S(C)(C)=O.CC[C@@H]1CN(C(=O)OCc2ccccc2)C[C@@H]1C(=O)O.C[C@@H](N)c1cccc2ccccc12. The number of Topliss-reactive ketones (excluding diaryl/α,β-unsaturated/α-hetero) is 1. The molecule has 2 aliphatic heterocycles. The van der Waals surface area contributed by atoms with Crippen LogP contribution in [0.1, 0.15) is 56.3 Å². The number of nitrogens with zero attached hydrogens (tertiary/aromatic N) is 2. The number of likely N-dealkylation sites (tertiary alicyclic amines) is 2. The largest absolute Gasteiger partial charge is 0.481 e. The Hall–Kier alpha value is -5.20. The van der Waals surface area contributed by atoms with Crippen molar-refractivity contribution in [2.24, 2.45) is 29.4 Å². The van der Waals surface area contributed by atoms with Crippen molar-refractivity contribution in [1.82, 2.24) is 9.80 Å². The monoisotopic (exact) mass is 799 g/mol. The van der Waals surface area contributed by atoms with E-state index in [1.165, 1.54) is 26.6 Å². The van der Waals surface area contributed by atoms with Gasteiger partial charge >= 0.3 is 18.2 Å². The number of ketones is 1. The summed E-state index contributed by atoms with van der Waals surface area (Å²) in [6.45, 7) is 7.92. The highest BCUT2D eigenvalue weighted by molar-refractivity contribution is 8.01. The molecule has 2 saturated heterocycles. The molecule has 0 aliphatic carbocycles. The van der Waals surface area contributed by atoms with Gasteiger partial charge in [0.1, 0.15) is 13.2 Å². The lowest BCUT2D eigenvalue weighted by atomic mass is 9.91. The average Bonchev–Trinajstić information content (AvgIpc) is 3.85. The van der Waals surface area contributed by atoms with Crippen LogP contribution in [0.3, 0.4) is 0 Å². The summed E-state index contributed by atoms with van der Waals surface area (Å²) in [5, 5.41) is 13.0. The molecule has 5 atom stereocenters. The molecule has 0 saturated carbocycles. The molecule has 1 unspecified atom stereocenters. The number of nitrogens with two attached hydrogens (primary N) is 1. The van der Waals surface area contributed by atoms with Crippen molar-refractivity contribution in [2.75, 3.05) is 38.7 Å². The first-order valence-corrected chi connectivity index (χ1v) is 21.8. The number of carbonyl (C=O) groups is 4. The molecule has 57 heavy (non-hydrogen) atoms. The summed E-state index contributed by atoms with van der Waals surface area (Å²) in [6.07, 6.45) is 3.80. The van der Waals surface area contributed by atoms with Crippen molar-refractivity contribution in [3.63, 3.8) is 0 Å². The van der Waals surface area contributed by atoms with Crippen LogP contribution < -0.4 is 5.73 Å². The van der Waals surface area contributed by atoms with E-state index in [0.29, 0.717) is 19.6 Å². The molecule has 306 valence electrons. The fraction of sp³-hybridized carbons (Fsp3) is 0.400. The van der Waals surface area contributed by atoms with Gasteiger partial charge in [-0.15, -0.1) is 0 Å². The van der Waals surface area contributed by atoms with E-state index in [4.69, 9.17) is 20.3 Å². The highest BCUT2D eigenvalue weighted by Crippen LogP contribution is 2.28. The average molecular weight is 800 g/mol. The lowest BCUT2D eigenvalue weighted by Gasteiger charge is -2.16. The van der Waals surface area contributed by atoms with E-state index >= 15 is 0 Å². The maximum atomic E-state index is 12.4. The van der Waals surface area contributed by atoms with Crippen LogP contribution in [0.4, 0.5) is 9.59 Å². The number of fused-ring (bicyclic) bond motifs is 1. The predicted molar refractivity (Wildman–Crippen MR) is 226 cm³/mol. The van der Waals surface area contributed by atoms with Crippen molar-refractivity contribution in [3.05, 3.63) is 120 Å². The number of carbonyl (C=O) groups excluding carboxylic acids is 3. The first kappa shape index (κ1) is 44.5. The van der Waals surface area contributed by atoms with Crippen LogP contribution in [0.25, 0.3) is 10.8 Å². The highest BCUT2D eigenvalue weighted by Gasteiger charge is 2.40. The van der Waals surface area contributed by atoms with E-state index < -0.39 is 33.6 Å². The Kier molecular flexibility index (Phi) is 16.7. The van der Waals surface area contributed by atoms with Gasteiger partial charge in [-0.3, -0.25) is 13.8 Å². The molecular weight excluding hydrogens is 743 g/mol. The second kappa shape index (κ2) is 21.4. The lowest BCUT2D eigenvalue weighted by molar-refractivity contribution is -0.142. The van der Waals surface area contributed by atoms with Crippen molar-refractivity contribution >= 4 is 49.6 Å². The molecular formula is C45H57N3O8S. The zero-order chi connectivity index (χ0) is 41.5. The summed E-state index contributed by atoms with van der Waals surface area (Å²) < 4.78 is 22.4. The summed E-state index contributed by atoms with van der Waals surface area (Å²) in [6, 6.07) is 33.6. The lowest BCUT2D eigenvalue weighted by Crippen LogP contribution is -2.31. The fourth-order valence-electron chi connectivity index (χ4n) is 7.11. The molecule has 2 fully saturated rings. The van der Waals surface area contributed by atoms with Crippen LogP contribution in [0.2, 0.25) is 0 Å². The van der Waals surface area contributed by atoms with Gasteiger partial charge in [-0.05, 0) is 55.7 Å². The Morgan fingerprint density at radius 3 is 1.63 bits per heavy atom. The smallest absolute Gasteiger partial charge is 0.410 e. The van der Waals surface area contributed by atoms with Crippen molar-refractivity contribution in [2.45, 2.75) is 52.9 Å². The molecule has 2 aliphatic rings. The molecule has 12 heteroatoms. The summed E-state index contributed by atoms with van der Waals surface area (Å²) in [4.78, 5) is 50.8. The van der Waals surface area contributed by atoms with Crippen LogP contribution in [0.5, 0.6) is 0 Å². The fourth-order valence-corrected chi connectivity index (χ4v) is 7.84. The van der Waals surface area contributed by atoms with Crippen molar-refractivity contribution < 1.29 is 38.0 Å². The van der Waals surface area contributed by atoms with E-state index in [0.717, 1.165) is 24.0 Å². The van der Waals surface area contributed by atoms with E-state index in [1.54, 1.807) is 17.4 Å². The van der Waals surface area contributed by atoms with E-state index in [1.807, 2.05) is 93.6 Å². The first-order valence-electron chi connectivity index (χ1n) is 19.4. The van der Waals surface area contributed by atoms with Gasteiger partial charge in [0.15, 0.2) is 5.78 Å². The standard InChI is InChI=1S/C18H25NO4S.C15H19NO4.C12H13N/c1-4-15-10-19(11-16(15)17(20)13-24(2,3)22)18(21)23-12-14-8-6-5-7-9-14;1-2-12-8-16(9-13(12)14(17)18)15(19)20-10-11-6-4-3-5-7-11;1-9(13)11-8-4-6-10-5-2-3-7-12(10)11/h5-9,13,15-16H,4,10-12H2,1-3H3;3-7,12-13H,2,8-10H2,1H3,(H,17,18);2-9H,13H2,1H3/t15-,16?;12-,13+;9-/m111/s1. The topological polar surface area (TPSA) is 157 Å². The van der Waals surface area contributed by atoms with Crippen LogP contribution >= 0.6 is 0 Å². The summed E-state index contributed by atoms with van der Waals surface area (Å²) >= 11 is 0. The first-order chi connectivity index (χ1) is 27.2. The molecule has 0 aromatic heterocycles. The Morgan fingerprint density at radius 2 is 1.18 bits per heavy atom. The zero-order valence-corrected chi connectivity index (χ0v) is 34.4. The predicted octanol–water partition coefficient (Wildman–Crippen LogP) is 7.42. The summed E-state index contributed by atoms with van der Waals surface area (Å²) in [5.41, 5.74) is 8.94. The van der Waals surface area contributed by atoms with E-state index in [9.17, 15) is 23.4 Å². The Morgan fingerprint density at radius 1 is 0.719 bits per heavy atom. The number of carboxylic acids is 1. The second-order valence-corrected chi connectivity index (χ2v) is 17.8. The third kappa shape index (κ3) is 13.5. The summed E-state index contributed by atoms with van der Waals surface area (Å²) in [7, 11) is -2.24. The number of amides is 2. The van der Waals surface area contributed by atoms with Gasteiger partial charge in [0.05, 0.1) is 5.92 Å².